The first-order valence-corrected chi connectivity index (χ1v) is 6.66. The lowest BCUT2D eigenvalue weighted by molar-refractivity contribution is -0.144. The van der Waals surface area contributed by atoms with Crippen LogP contribution in [-0.2, 0) is 19.1 Å². The van der Waals surface area contributed by atoms with Crippen LogP contribution in [0.5, 0.6) is 0 Å². The average molecular weight is 299 g/mol. The van der Waals surface area contributed by atoms with Crippen LogP contribution in [0.1, 0.15) is 34.1 Å². The lowest BCUT2D eigenvalue weighted by Crippen LogP contribution is -2.47. The van der Waals surface area contributed by atoms with Gasteiger partial charge in [-0.1, -0.05) is 6.08 Å². The number of ether oxygens (including phenoxy) is 2. The average Bonchev–Trinajstić information content (AvgIpc) is 2.70. The molecule has 1 aliphatic rings. The van der Waals surface area contributed by atoms with E-state index >= 15 is 0 Å². The highest BCUT2D eigenvalue weighted by Gasteiger charge is 2.34. The van der Waals surface area contributed by atoms with Crippen LogP contribution in [0.4, 0.5) is 4.79 Å². The van der Waals surface area contributed by atoms with Gasteiger partial charge in [-0.2, -0.15) is 0 Å². The van der Waals surface area contributed by atoms with E-state index in [1.54, 1.807) is 32.9 Å². The third-order valence-electron chi connectivity index (χ3n) is 2.76. The summed E-state index contributed by atoms with van der Waals surface area (Å²) in [4.78, 5) is 33.9. The molecule has 3 atom stereocenters. The van der Waals surface area contributed by atoms with Gasteiger partial charge in [0.25, 0.3) is 0 Å². The van der Waals surface area contributed by atoms with Crippen molar-refractivity contribution in [2.45, 2.75) is 51.9 Å². The van der Waals surface area contributed by atoms with Crippen molar-refractivity contribution >= 4 is 18.0 Å². The largest absolute Gasteiger partial charge is 0.480 e. The van der Waals surface area contributed by atoms with Crippen molar-refractivity contribution in [1.82, 2.24) is 5.32 Å². The van der Waals surface area contributed by atoms with Gasteiger partial charge in [0.2, 0.25) is 0 Å². The standard InChI is InChI=1S/C14H21NO6/c1-8(16)20-10-6-5-9(7-10)11(12(17)18)15-13(19)21-14(2,3)4/h5-6,9-11H,7H2,1-4H3,(H,15,19)(H,17,18)/t9-,10+,11+/m0/s1. The van der Waals surface area contributed by atoms with E-state index in [2.05, 4.69) is 5.32 Å². The maximum absolute atomic E-state index is 11.7. The fourth-order valence-electron chi connectivity index (χ4n) is 2.03. The molecule has 0 heterocycles. The van der Waals surface area contributed by atoms with E-state index in [9.17, 15) is 19.5 Å². The summed E-state index contributed by atoms with van der Waals surface area (Å²) in [7, 11) is 0. The summed E-state index contributed by atoms with van der Waals surface area (Å²) < 4.78 is 10.0. The van der Waals surface area contributed by atoms with Gasteiger partial charge in [0.1, 0.15) is 17.7 Å². The zero-order valence-electron chi connectivity index (χ0n) is 12.6. The van der Waals surface area contributed by atoms with E-state index in [4.69, 9.17) is 9.47 Å². The molecule has 7 nitrogen and oxygen atoms in total. The highest BCUT2D eigenvalue weighted by Crippen LogP contribution is 2.24. The Bertz CT molecular complexity index is 451. The van der Waals surface area contributed by atoms with Crippen molar-refractivity contribution in [3.63, 3.8) is 0 Å². The third kappa shape index (κ3) is 5.85. The molecule has 7 heteroatoms. The molecule has 118 valence electrons. The molecular formula is C14H21NO6. The van der Waals surface area contributed by atoms with E-state index in [1.165, 1.54) is 6.92 Å². The second-order valence-electron chi connectivity index (χ2n) is 5.89. The first-order chi connectivity index (χ1) is 9.58. The predicted octanol–water partition coefficient (Wildman–Crippen LogP) is 1.47. The highest BCUT2D eigenvalue weighted by molar-refractivity contribution is 5.80. The SMILES string of the molecule is CC(=O)O[C@@H]1C=C[C@H]([C@@H](NC(=O)OC(C)(C)C)C(=O)O)C1. The molecule has 0 bridgehead atoms. The number of nitrogens with one attached hydrogen (secondary N) is 1. The van der Waals surface area contributed by atoms with Crippen LogP contribution in [0.2, 0.25) is 0 Å². The van der Waals surface area contributed by atoms with Gasteiger partial charge >= 0.3 is 18.0 Å². The first kappa shape index (κ1) is 17.0. The van der Waals surface area contributed by atoms with Crippen LogP contribution in [0.15, 0.2) is 12.2 Å². The Morgan fingerprint density at radius 3 is 2.38 bits per heavy atom. The minimum absolute atomic E-state index is 0.312. The van der Waals surface area contributed by atoms with Crippen LogP contribution in [0, 0.1) is 5.92 Å². The van der Waals surface area contributed by atoms with Crippen molar-refractivity contribution in [2.24, 2.45) is 5.92 Å². The van der Waals surface area contributed by atoms with E-state index in [1.807, 2.05) is 0 Å². The van der Waals surface area contributed by atoms with Crippen molar-refractivity contribution in [1.29, 1.82) is 0 Å². The minimum Gasteiger partial charge on any atom is -0.480 e. The van der Waals surface area contributed by atoms with Crippen LogP contribution in [-0.4, -0.2) is 40.9 Å². The molecule has 0 spiro atoms. The summed E-state index contributed by atoms with van der Waals surface area (Å²) in [6, 6.07) is -1.13. The smallest absolute Gasteiger partial charge is 0.408 e. The number of esters is 1. The summed E-state index contributed by atoms with van der Waals surface area (Å²) >= 11 is 0. The predicted molar refractivity (Wildman–Crippen MR) is 73.6 cm³/mol. The Morgan fingerprint density at radius 2 is 1.90 bits per heavy atom. The zero-order chi connectivity index (χ0) is 16.2. The maximum Gasteiger partial charge on any atom is 0.408 e. The number of alkyl carbamates (subject to hydrolysis) is 1. The number of aliphatic carboxylic acids is 1. The summed E-state index contributed by atoms with van der Waals surface area (Å²) in [5, 5.41) is 11.6. The number of hydrogen-bond donors (Lipinski definition) is 2. The topological polar surface area (TPSA) is 102 Å². The van der Waals surface area contributed by atoms with Gasteiger partial charge in [0, 0.05) is 12.8 Å². The van der Waals surface area contributed by atoms with Crippen molar-refractivity contribution in [3.8, 4) is 0 Å². The molecule has 0 unspecified atom stereocenters. The van der Waals surface area contributed by atoms with Crippen LogP contribution in [0.25, 0.3) is 0 Å². The molecule has 0 saturated carbocycles. The van der Waals surface area contributed by atoms with Crippen LogP contribution >= 0.6 is 0 Å². The monoisotopic (exact) mass is 299 g/mol. The van der Waals surface area contributed by atoms with Crippen molar-refractivity contribution in [3.05, 3.63) is 12.2 Å². The van der Waals surface area contributed by atoms with Crippen LogP contribution in [0.3, 0.4) is 0 Å². The van der Waals surface area contributed by atoms with Gasteiger partial charge < -0.3 is 19.9 Å². The number of carboxylic acids is 1. The Kier molecular flexibility index (Phi) is 5.34. The number of carbonyl (C=O) groups excluding carboxylic acids is 2. The Balaban J connectivity index is 2.64. The fourth-order valence-corrected chi connectivity index (χ4v) is 2.03. The third-order valence-corrected chi connectivity index (χ3v) is 2.76. The molecule has 0 aromatic rings. The lowest BCUT2D eigenvalue weighted by Gasteiger charge is -2.24. The minimum atomic E-state index is -1.17. The first-order valence-electron chi connectivity index (χ1n) is 6.66. The zero-order valence-corrected chi connectivity index (χ0v) is 12.6. The Hall–Kier alpha value is -2.05. The molecule has 1 aliphatic carbocycles. The van der Waals surface area contributed by atoms with E-state index in [0.717, 1.165) is 0 Å². The summed E-state index contributed by atoms with van der Waals surface area (Å²) in [6.45, 7) is 6.35. The second kappa shape index (κ2) is 6.60. The molecule has 1 amide bonds. The molecule has 0 aromatic carbocycles. The van der Waals surface area contributed by atoms with E-state index < -0.39 is 41.7 Å². The molecule has 1 rings (SSSR count). The number of amides is 1. The number of hydrogen-bond acceptors (Lipinski definition) is 5. The quantitative estimate of drug-likeness (QED) is 0.602. The van der Waals surface area contributed by atoms with Gasteiger partial charge in [-0.25, -0.2) is 9.59 Å². The maximum atomic E-state index is 11.7. The second-order valence-corrected chi connectivity index (χ2v) is 5.89. The molecule has 0 radical (unpaired) electrons. The number of rotatable bonds is 4. The fraction of sp³-hybridized carbons (Fsp3) is 0.643. The highest BCUT2D eigenvalue weighted by atomic mass is 16.6. The van der Waals surface area contributed by atoms with Gasteiger partial charge in [0.05, 0.1) is 0 Å². The van der Waals surface area contributed by atoms with Gasteiger partial charge in [-0.15, -0.1) is 0 Å². The lowest BCUT2D eigenvalue weighted by atomic mass is 9.99. The summed E-state index contributed by atoms with van der Waals surface area (Å²) in [5.74, 6) is -2.06. The summed E-state index contributed by atoms with van der Waals surface area (Å²) in [6.07, 6.45) is 2.31. The number of carbonyl (C=O) groups is 3. The molecule has 0 saturated heterocycles. The summed E-state index contributed by atoms with van der Waals surface area (Å²) in [5.41, 5.74) is -0.709. The molecule has 0 aliphatic heterocycles. The Morgan fingerprint density at radius 1 is 1.29 bits per heavy atom. The van der Waals surface area contributed by atoms with Gasteiger partial charge in [-0.05, 0) is 33.3 Å². The Labute approximate surface area is 123 Å². The van der Waals surface area contributed by atoms with Crippen molar-refractivity contribution < 1.29 is 29.0 Å². The van der Waals surface area contributed by atoms with Gasteiger partial charge in [0.15, 0.2) is 0 Å². The molecule has 2 N–H and O–H groups in total. The number of carboxylic acid groups (broad SMARTS) is 1. The van der Waals surface area contributed by atoms with Crippen LogP contribution < -0.4 is 5.32 Å². The van der Waals surface area contributed by atoms with Gasteiger partial charge in [-0.3, -0.25) is 4.79 Å². The van der Waals surface area contributed by atoms with Crippen molar-refractivity contribution in [2.75, 3.05) is 0 Å². The molecule has 21 heavy (non-hydrogen) atoms. The molecular weight excluding hydrogens is 278 g/mol. The molecule has 0 fully saturated rings. The van der Waals surface area contributed by atoms with E-state index in [-0.39, 0.29) is 0 Å². The molecule has 0 aromatic heterocycles. The normalized spacial score (nSPS) is 22.5. The van der Waals surface area contributed by atoms with E-state index in [0.29, 0.717) is 6.42 Å².